The Morgan fingerprint density at radius 2 is 2.00 bits per heavy atom. The molecule has 0 aliphatic carbocycles. The third kappa shape index (κ3) is 4.43. The van der Waals surface area contributed by atoms with Gasteiger partial charge in [0.2, 0.25) is 5.91 Å². The molecule has 3 aromatic rings. The summed E-state index contributed by atoms with van der Waals surface area (Å²) in [5, 5.41) is 4.10. The number of furan rings is 1. The molecule has 0 spiro atoms. The van der Waals surface area contributed by atoms with Crippen LogP contribution in [0, 0.1) is 6.92 Å². The van der Waals surface area contributed by atoms with Gasteiger partial charge in [0.15, 0.2) is 0 Å². The molecule has 0 radical (unpaired) electrons. The van der Waals surface area contributed by atoms with Crippen LogP contribution in [-0.2, 0) is 9.53 Å². The Morgan fingerprint density at radius 3 is 2.62 bits per heavy atom. The number of carbonyl (C=O) groups excluding carboxylic acids is 2. The van der Waals surface area contributed by atoms with Crippen LogP contribution < -0.4 is 0 Å². The Morgan fingerprint density at radius 1 is 1.28 bits per heavy atom. The minimum atomic E-state index is -0.475. The number of aryl methyl sites for hydroxylation is 1. The highest BCUT2D eigenvalue weighted by Gasteiger charge is 2.17. The molecule has 0 saturated carbocycles. The average molecular weight is 394 g/mol. The molecule has 3 rings (SSSR count). The molecule has 0 fully saturated rings. The second-order valence-corrected chi connectivity index (χ2v) is 6.50. The Kier molecular flexibility index (Phi) is 5.92. The van der Waals surface area contributed by atoms with Crippen molar-refractivity contribution in [3.05, 3.63) is 71.7 Å². The van der Waals surface area contributed by atoms with Gasteiger partial charge in [0.05, 0.1) is 18.8 Å². The van der Waals surface area contributed by atoms with Gasteiger partial charge in [-0.05, 0) is 43.7 Å². The number of esters is 1. The van der Waals surface area contributed by atoms with E-state index in [-0.39, 0.29) is 11.9 Å². The highest BCUT2D eigenvalue weighted by atomic mass is 16.5. The van der Waals surface area contributed by atoms with Crippen molar-refractivity contribution < 1.29 is 18.7 Å². The Hall–Kier alpha value is -3.68. The molecule has 2 aromatic heterocycles. The molecule has 29 heavy (non-hydrogen) atoms. The molecule has 2 heterocycles. The number of hydrogen-bond donors (Lipinski definition) is 0. The van der Waals surface area contributed by atoms with E-state index in [2.05, 4.69) is 10.1 Å². The first-order valence-corrected chi connectivity index (χ1v) is 8.99. The van der Waals surface area contributed by atoms with E-state index in [1.165, 1.54) is 19.5 Å². The topological polar surface area (TPSA) is 90.5 Å². The lowest BCUT2D eigenvalue weighted by Crippen LogP contribution is -2.27. The summed E-state index contributed by atoms with van der Waals surface area (Å²) in [7, 11) is 3.04. The first kappa shape index (κ1) is 20.1. The number of benzene rings is 1. The first-order valence-electron chi connectivity index (χ1n) is 8.99. The van der Waals surface area contributed by atoms with Gasteiger partial charge in [0.1, 0.15) is 29.7 Å². The van der Waals surface area contributed by atoms with Gasteiger partial charge in [-0.1, -0.05) is 12.1 Å². The van der Waals surface area contributed by atoms with E-state index in [1.54, 1.807) is 42.0 Å². The third-order valence-corrected chi connectivity index (χ3v) is 4.72. The number of methoxy groups -OCH3 is 1. The molecule has 8 heteroatoms. The van der Waals surface area contributed by atoms with E-state index in [0.29, 0.717) is 17.1 Å². The van der Waals surface area contributed by atoms with E-state index >= 15 is 0 Å². The van der Waals surface area contributed by atoms with Crippen molar-refractivity contribution in [2.45, 2.75) is 19.9 Å². The van der Waals surface area contributed by atoms with Crippen molar-refractivity contribution in [1.29, 1.82) is 0 Å². The Bertz CT molecular complexity index is 1020. The Labute approximate surface area is 168 Å². The number of amides is 1. The normalized spacial score (nSPS) is 12.1. The van der Waals surface area contributed by atoms with E-state index in [9.17, 15) is 9.59 Å². The molecule has 0 aliphatic rings. The fraction of sp³-hybridized carbons (Fsp3) is 0.238. The van der Waals surface area contributed by atoms with Crippen LogP contribution in [0.2, 0.25) is 0 Å². The molecule has 1 aromatic carbocycles. The van der Waals surface area contributed by atoms with E-state index in [1.807, 2.05) is 31.2 Å². The van der Waals surface area contributed by atoms with Crippen LogP contribution in [-0.4, -0.2) is 45.7 Å². The zero-order valence-corrected chi connectivity index (χ0v) is 16.7. The van der Waals surface area contributed by atoms with Gasteiger partial charge in [-0.3, -0.25) is 4.79 Å². The highest BCUT2D eigenvalue weighted by Crippen LogP contribution is 2.21. The fourth-order valence-electron chi connectivity index (χ4n) is 2.83. The maximum absolute atomic E-state index is 12.6. The van der Waals surface area contributed by atoms with Crippen LogP contribution in [0.25, 0.3) is 11.8 Å². The summed E-state index contributed by atoms with van der Waals surface area (Å²) >= 11 is 0. The minimum Gasteiger partial charge on any atom is -0.465 e. The molecule has 1 amide bonds. The Balaban J connectivity index is 1.68. The average Bonchev–Trinajstić information content (AvgIpc) is 3.40. The maximum atomic E-state index is 12.6. The maximum Gasteiger partial charge on any atom is 0.341 e. The molecule has 150 valence electrons. The van der Waals surface area contributed by atoms with Crippen LogP contribution >= 0.6 is 0 Å². The van der Waals surface area contributed by atoms with Crippen molar-refractivity contribution in [2.24, 2.45) is 0 Å². The predicted octanol–water partition coefficient (Wildman–Crippen LogP) is 3.19. The van der Waals surface area contributed by atoms with Crippen molar-refractivity contribution in [2.75, 3.05) is 14.2 Å². The van der Waals surface area contributed by atoms with E-state index in [0.717, 1.165) is 11.3 Å². The van der Waals surface area contributed by atoms with E-state index < -0.39 is 5.97 Å². The summed E-state index contributed by atoms with van der Waals surface area (Å²) in [6, 6.07) is 9.17. The zero-order valence-electron chi connectivity index (χ0n) is 16.7. The first-order chi connectivity index (χ1) is 13.9. The lowest BCUT2D eigenvalue weighted by Gasteiger charge is -2.24. The highest BCUT2D eigenvalue weighted by molar-refractivity contribution is 5.93. The smallest absolute Gasteiger partial charge is 0.341 e. The number of aromatic nitrogens is 3. The number of carbonyl (C=O) groups is 2. The zero-order chi connectivity index (χ0) is 21.0. The van der Waals surface area contributed by atoms with Gasteiger partial charge in [0.25, 0.3) is 0 Å². The molecule has 0 N–H and O–H groups in total. The number of rotatable bonds is 6. The van der Waals surface area contributed by atoms with Crippen molar-refractivity contribution in [1.82, 2.24) is 19.7 Å². The van der Waals surface area contributed by atoms with Gasteiger partial charge in [-0.25, -0.2) is 14.5 Å². The second-order valence-electron chi connectivity index (χ2n) is 6.50. The van der Waals surface area contributed by atoms with Crippen molar-refractivity contribution >= 4 is 18.0 Å². The lowest BCUT2D eigenvalue weighted by molar-refractivity contribution is -0.126. The molecular weight excluding hydrogens is 372 g/mol. The van der Waals surface area contributed by atoms with Crippen molar-refractivity contribution in [3.8, 4) is 5.69 Å². The largest absolute Gasteiger partial charge is 0.465 e. The van der Waals surface area contributed by atoms with Gasteiger partial charge in [-0.2, -0.15) is 5.10 Å². The van der Waals surface area contributed by atoms with Gasteiger partial charge in [0, 0.05) is 13.1 Å². The molecule has 0 bridgehead atoms. The quantitative estimate of drug-likeness (QED) is 0.471. The summed E-state index contributed by atoms with van der Waals surface area (Å²) in [5.41, 5.74) is 2.22. The van der Waals surface area contributed by atoms with Crippen LogP contribution in [0.5, 0.6) is 0 Å². The number of ether oxygens (including phenoxy) is 1. The predicted molar refractivity (Wildman–Crippen MR) is 106 cm³/mol. The molecule has 1 unspecified atom stereocenters. The second kappa shape index (κ2) is 8.55. The summed E-state index contributed by atoms with van der Waals surface area (Å²) in [4.78, 5) is 29.8. The molecule has 0 aliphatic heterocycles. The fourth-order valence-corrected chi connectivity index (χ4v) is 2.83. The van der Waals surface area contributed by atoms with Crippen LogP contribution in [0.3, 0.4) is 0 Å². The van der Waals surface area contributed by atoms with Gasteiger partial charge < -0.3 is 14.1 Å². The van der Waals surface area contributed by atoms with Gasteiger partial charge >= 0.3 is 5.97 Å². The van der Waals surface area contributed by atoms with Crippen molar-refractivity contribution in [3.63, 3.8) is 0 Å². The summed E-state index contributed by atoms with van der Waals surface area (Å²) < 4.78 is 11.9. The minimum absolute atomic E-state index is 0.138. The molecule has 8 nitrogen and oxygen atoms in total. The number of hydrogen-bond acceptors (Lipinski definition) is 6. The summed E-state index contributed by atoms with van der Waals surface area (Å²) in [6.45, 7) is 3.62. The van der Waals surface area contributed by atoms with Gasteiger partial charge in [-0.15, -0.1) is 0 Å². The molecular formula is C21H22N4O4. The summed E-state index contributed by atoms with van der Waals surface area (Å²) in [5.74, 6) is 0.191. The lowest BCUT2D eigenvalue weighted by atomic mass is 10.1. The SMILES string of the molecule is COC(=O)c1cc(C=CC(=O)N(C)C(C)c2ccc(-n3cncn3)cc2)oc1C. The monoisotopic (exact) mass is 394 g/mol. The molecule has 1 atom stereocenters. The number of likely N-dealkylation sites (N-methyl/N-ethyl adjacent to an activating group) is 1. The van der Waals surface area contributed by atoms with Crippen LogP contribution in [0.1, 0.15) is 40.4 Å². The van der Waals surface area contributed by atoms with E-state index in [4.69, 9.17) is 9.15 Å². The van der Waals surface area contributed by atoms with Crippen LogP contribution in [0.4, 0.5) is 0 Å². The standard InChI is InChI=1S/C21H22N4O4/c1-14(16-5-7-17(8-6-16)25-13-22-12-23-25)24(3)20(26)10-9-18-11-19(15(2)29-18)21(27)28-4/h5-14H,1-4H3. The molecule has 0 saturated heterocycles. The van der Waals surface area contributed by atoms with Crippen LogP contribution in [0.15, 0.2) is 53.5 Å². The summed E-state index contributed by atoms with van der Waals surface area (Å²) in [6.07, 6.45) is 6.06. The third-order valence-electron chi connectivity index (χ3n) is 4.72. The number of nitrogens with zero attached hydrogens (tertiary/aromatic N) is 4.